The van der Waals surface area contributed by atoms with Crippen LogP contribution in [0.1, 0.15) is 44.7 Å². The molecule has 1 saturated heterocycles. The number of methoxy groups -OCH3 is 1. The van der Waals surface area contributed by atoms with Gasteiger partial charge < -0.3 is 19.8 Å². The van der Waals surface area contributed by atoms with Crippen molar-refractivity contribution < 1.29 is 37.7 Å². The number of aliphatic hydroxyl groups is 1. The van der Waals surface area contributed by atoms with Crippen molar-refractivity contribution >= 4 is 23.8 Å². The number of carboxylic acid groups (broad SMARTS) is 1. The molecule has 0 bridgehead atoms. The molecule has 0 aromatic heterocycles. The molecule has 2 heterocycles. The molecule has 1 fully saturated rings. The number of nitrogens with zero attached hydrogens (tertiary/aromatic N) is 1. The highest BCUT2D eigenvalue weighted by Crippen LogP contribution is 2.58. The Morgan fingerprint density at radius 1 is 1.26 bits per heavy atom. The number of hydrogen-bond acceptors (Lipinski definition) is 5. The van der Waals surface area contributed by atoms with Crippen molar-refractivity contribution in [2.75, 3.05) is 13.7 Å². The molecule has 4 unspecified atom stereocenters. The third-order valence-corrected chi connectivity index (χ3v) is 7.74. The zero-order chi connectivity index (χ0) is 23.4. The van der Waals surface area contributed by atoms with Gasteiger partial charge in [0, 0.05) is 17.5 Å². The fraction of sp³-hybridized carbons (Fsp3) is 0.619. The molecule has 2 aliphatic heterocycles. The lowest BCUT2D eigenvalue weighted by molar-refractivity contribution is -0.150. The number of hydrogen-bond donors (Lipinski definition) is 2. The molecule has 0 saturated carbocycles. The minimum Gasteiger partial charge on any atom is -0.468 e. The van der Waals surface area contributed by atoms with E-state index < -0.39 is 52.0 Å². The van der Waals surface area contributed by atoms with Gasteiger partial charge >= 0.3 is 18.2 Å². The van der Waals surface area contributed by atoms with Crippen LogP contribution in [0.5, 0.6) is 0 Å². The Labute approximate surface area is 182 Å². The van der Waals surface area contributed by atoms with Crippen molar-refractivity contribution in [2.24, 2.45) is 11.3 Å². The number of benzene rings is 1. The summed E-state index contributed by atoms with van der Waals surface area (Å²) in [6.07, 6.45) is -5.32. The van der Waals surface area contributed by atoms with Crippen LogP contribution >= 0.6 is 11.8 Å². The molecule has 2 N–H and O–H groups in total. The van der Waals surface area contributed by atoms with E-state index in [0.717, 1.165) is 13.2 Å². The SMILES string of the molecule is COC(=O)C1Sc2c(C(F)(F)F)cccc2C1(O)C1CCN(C(=O)O)C(C(C)(C)C)C1. The Bertz CT molecular complexity index is 885. The molecular weight excluding hydrogens is 435 g/mol. The normalized spacial score (nSPS) is 28.9. The van der Waals surface area contributed by atoms with Crippen LogP contribution in [-0.2, 0) is 21.3 Å². The fourth-order valence-electron chi connectivity index (χ4n) is 4.74. The number of halogens is 3. The molecule has 0 aliphatic carbocycles. The summed E-state index contributed by atoms with van der Waals surface area (Å²) in [5, 5.41) is 20.2. The third-order valence-electron chi connectivity index (χ3n) is 6.27. The second kappa shape index (κ2) is 7.88. The Balaban J connectivity index is 2.12. The van der Waals surface area contributed by atoms with E-state index in [4.69, 9.17) is 4.74 Å². The molecule has 1 aromatic rings. The standard InChI is InChI=1S/C21H26F3NO5S/c1-19(2,3)14-10-11(8-9-25(14)18(27)28)20(29)12-6-5-7-13(21(22,23)24)15(12)31-16(20)17(26)30-4/h5-7,11,14,16,29H,8-10H2,1-4H3,(H,27,28). The zero-order valence-corrected chi connectivity index (χ0v) is 18.5. The predicted octanol–water partition coefficient (Wildman–Crippen LogP) is 4.35. The van der Waals surface area contributed by atoms with E-state index in [9.17, 15) is 33.0 Å². The fourth-order valence-corrected chi connectivity index (χ4v) is 6.33. The van der Waals surface area contributed by atoms with Gasteiger partial charge in [0.15, 0.2) is 0 Å². The number of piperidine rings is 1. The number of carbonyl (C=O) groups is 2. The lowest BCUT2D eigenvalue weighted by Gasteiger charge is -2.48. The number of likely N-dealkylation sites (tertiary alicyclic amines) is 1. The third kappa shape index (κ3) is 4.00. The van der Waals surface area contributed by atoms with Gasteiger partial charge in [0.25, 0.3) is 0 Å². The first-order valence-electron chi connectivity index (χ1n) is 9.90. The van der Waals surface area contributed by atoms with E-state index in [-0.39, 0.29) is 29.8 Å². The lowest BCUT2D eigenvalue weighted by atomic mass is 9.68. The Morgan fingerprint density at radius 2 is 1.90 bits per heavy atom. The summed E-state index contributed by atoms with van der Waals surface area (Å²) in [6, 6.07) is 3.08. The first-order valence-corrected chi connectivity index (χ1v) is 10.8. The van der Waals surface area contributed by atoms with Gasteiger partial charge in [-0.05, 0) is 35.8 Å². The Kier molecular flexibility index (Phi) is 6.03. The summed E-state index contributed by atoms with van der Waals surface area (Å²) in [6.45, 7) is 5.72. The first kappa shape index (κ1) is 23.7. The van der Waals surface area contributed by atoms with E-state index in [0.29, 0.717) is 11.8 Å². The van der Waals surface area contributed by atoms with E-state index in [1.165, 1.54) is 17.0 Å². The molecule has 4 atom stereocenters. The minimum atomic E-state index is -4.65. The van der Waals surface area contributed by atoms with Gasteiger partial charge in [0.2, 0.25) is 0 Å². The maximum absolute atomic E-state index is 13.6. The van der Waals surface area contributed by atoms with Crippen molar-refractivity contribution in [1.29, 1.82) is 0 Å². The second-order valence-corrected chi connectivity index (χ2v) is 10.2. The van der Waals surface area contributed by atoms with Crippen LogP contribution in [0.2, 0.25) is 0 Å². The minimum absolute atomic E-state index is 0.0455. The maximum atomic E-state index is 13.6. The predicted molar refractivity (Wildman–Crippen MR) is 108 cm³/mol. The molecule has 0 radical (unpaired) electrons. The summed E-state index contributed by atoms with van der Waals surface area (Å²) in [4.78, 5) is 25.4. The maximum Gasteiger partial charge on any atom is 0.417 e. The number of thioether (sulfide) groups is 1. The highest BCUT2D eigenvalue weighted by molar-refractivity contribution is 8.01. The molecular formula is C21H26F3NO5S. The quantitative estimate of drug-likeness (QED) is 0.637. The topological polar surface area (TPSA) is 87.1 Å². The smallest absolute Gasteiger partial charge is 0.417 e. The number of rotatable bonds is 2. The van der Waals surface area contributed by atoms with E-state index in [2.05, 4.69) is 0 Å². The average Bonchev–Trinajstić information content (AvgIpc) is 2.99. The van der Waals surface area contributed by atoms with Gasteiger partial charge in [-0.25, -0.2) is 4.79 Å². The van der Waals surface area contributed by atoms with Crippen LogP contribution in [0.4, 0.5) is 18.0 Å². The van der Waals surface area contributed by atoms with Crippen LogP contribution in [0.25, 0.3) is 0 Å². The summed E-state index contributed by atoms with van der Waals surface area (Å²) >= 11 is 0.664. The van der Waals surface area contributed by atoms with E-state index in [1.54, 1.807) is 0 Å². The zero-order valence-electron chi connectivity index (χ0n) is 17.7. The average molecular weight is 462 g/mol. The second-order valence-electron chi connectivity index (χ2n) is 9.11. The van der Waals surface area contributed by atoms with Crippen molar-refractivity contribution in [1.82, 2.24) is 4.90 Å². The van der Waals surface area contributed by atoms with E-state index >= 15 is 0 Å². The van der Waals surface area contributed by atoms with Crippen molar-refractivity contribution in [3.63, 3.8) is 0 Å². The highest BCUT2D eigenvalue weighted by atomic mass is 32.2. The number of esters is 1. The highest BCUT2D eigenvalue weighted by Gasteiger charge is 2.59. The van der Waals surface area contributed by atoms with Gasteiger partial charge in [0.05, 0.1) is 12.7 Å². The number of carbonyl (C=O) groups excluding carboxylic acids is 1. The van der Waals surface area contributed by atoms with Crippen molar-refractivity contribution in [3.05, 3.63) is 29.3 Å². The molecule has 0 spiro atoms. The monoisotopic (exact) mass is 461 g/mol. The molecule has 6 nitrogen and oxygen atoms in total. The summed E-state index contributed by atoms with van der Waals surface area (Å²) in [5.41, 5.74) is -3.25. The summed E-state index contributed by atoms with van der Waals surface area (Å²) < 4.78 is 45.7. The Hall–Kier alpha value is -1.94. The van der Waals surface area contributed by atoms with Gasteiger partial charge in [-0.3, -0.25) is 4.79 Å². The van der Waals surface area contributed by atoms with Crippen molar-refractivity contribution in [3.8, 4) is 0 Å². The van der Waals surface area contributed by atoms with E-state index in [1.807, 2.05) is 20.8 Å². The number of ether oxygens (including phenoxy) is 1. The molecule has 172 valence electrons. The lowest BCUT2D eigenvalue weighted by Crippen LogP contribution is -2.57. The molecule has 3 rings (SSSR count). The van der Waals surface area contributed by atoms with Gasteiger partial charge in [-0.2, -0.15) is 13.2 Å². The molecule has 31 heavy (non-hydrogen) atoms. The van der Waals surface area contributed by atoms with Gasteiger partial charge in [0.1, 0.15) is 10.9 Å². The molecule has 1 amide bonds. The number of amides is 1. The van der Waals surface area contributed by atoms with Crippen LogP contribution < -0.4 is 0 Å². The summed E-state index contributed by atoms with van der Waals surface area (Å²) in [5.74, 6) is -1.45. The van der Waals surface area contributed by atoms with Gasteiger partial charge in [-0.1, -0.05) is 32.9 Å². The largest absolute Gasteiger partial charge is 0.468 e. The Morgan fingerprint density at radius 3 is 2.42 bits per heavy atom. The molecule has 2 aliphatic rings. The summed E-state index contributed by atoms with van der Waals surface area (Å²) in [7, 11) is 1.13. The molecule has 1 aromatic carbocycles. The van der Waals surface area contributed by atoms with Crippen LogP contribution in [-0.4, -0.2) is 52.1 Å². The van der Waals surface area contributed by atoms with Crippen molar-refractivity contribution in [2.45, 2.75) is 61.6 Å². The van der Waals surface area contributed by atoms with Crippen LogP contribution in [0.3, 0.4) is 0 Å². The van der Waals surface area contributed by atoms with Crippen LogP contribution in [0.15, 0.2) is 23.1 Å². The number of alkyl halides is 3. The van der Waals surface area contributed by atoms with Crippen LogP contribution in [0, 0.1) is 11.3 Å². The first-order chi connectivity index (χ1) is 14.2. The number of fused-ring (bicyclic) bond motifs is 1. The van der Waals surface area contributed by atoms with Gasteiger partial charge in [-0.15, -0.1) is 11.8 Å². The molecule has 10 heteroatoms.